The fourth-order valence-corrected chi connectivity index (χ4v) is 2.20. The highest BCUT2D eigenvalue weighted by atomic mass is 79.9. The van der Waals surface area contributed by atoms with Crippen molar-refractivity contribution in [1.82, 2.24) is 5.32 Å². The van der Waals surface area contributed by atoms with Gasteiger partial charge in [-0.25, -0.2) is 8.78 Å². The molecule has 0 aliphatic heterocycles. The summed E-state index contributed by atoms with van der Waals surface area (Å²) in [5.74, 6) is -0.259. The van der Waals surface area contributed by atoms with E-state index in [1.807, 2.05) is 6.92 Å². The zero-order valence-electron chi connectivity index (χ0n) is 11.6. The summed E-state index contributed by atoms with van der Waals surface area (Å²) in [5, 5.41) is 3.18. The summed E-state index contributed by atoms with van der Waals surface area (Å²) in [4.78, 5) is 0. The van der Waals surface area contributed by atoms with Gasteiger partial charge in [-0.1, -0.05) is 22.9 Å². The van der Waals surface area contributed by atoms with Gasteiger partial charge in [0.1, 0.15) is 11.6 Å². The SMILES string of the molecule is CCCNCc1cc(F)ccc1Oc1cc(Br)ccc1F. The molecule has 0 spiro atoms. The van der Waals surface area contributed by atoms with Gasteiger partial charge in [-0.05, 0) is 49.4 Å². The minimum absolute atomic E-state index is 0.104. The van der Waals surface area contributed by atoms with E-state index in [0.717, 1.165) is 13.0 Å². The second kappa shape index (κ2) is 7.52. The van der Waals surface area contributed by atoms with Crippen molar-refractivity contribution in [2.45, 2.75) is 19.9 Å². The van der Waals surface area contributed by atoms with Crippen LogP contribution in [0.25, 0.3) is 0 Å². The molecule has 0 heterocycles. The second-order valence-corrected chi connectivity index (χ2v) is 5.52. The molecule has 0 bridgehead atoms. The van der Waals surface area contributed by atoms with Crippen molar-refractivity contribution in [3.05, 3.63) is 58.1 Å². The van der Waals surface area contributed by atoms with E-state index in [-0.39, 0.29) is 11.6 Å². The van der Waals surface area contributed by atoms with E-state index in [0.29, 0.717) is 22.3 Å². The Balaban J connectivity index is 2.24. The summed E-state index contributed by atoms with van der Waals surface area (Å²) in [6.45, 7) is 3.34. The fraction of sp³-hybridized carbons (Fsp3) is 0.250. The van der Waals surface area contributed by atoms with Crippen molar-refractivity contribution >= 4 is 15.9 Å². The van der Waals surface area contributed by atoms with Gasteiger partial charge in [-0.15, -0.1) is 0 Å². The molecular formula is C16H16BrF2NO. The molecule has 21 heavy (non-hydrogen) atoms. The number of rotatable bonds is 6. The lowest BCUT2D eigenvalue weighted by Gasteiger charge is -2.13. The average Bonchev–Trinajstić information content (AvgIpc) is 2.46. The van der Waals surface area contributed by atoms with Gasteiger partial charge in [0.2, 0.25) is 0 Å². The zero-order chi connectivity index (χ0) is 15.2. The minimum Gasteiger partial charge on any atom is -0.454 e. The van der Waals surface area contributed by atoms with Gasteiger partial charge in [0.15, 0.2) is 11.6 Å². The summed E-state index contributed by atoms with van der Waals surface area (Å²) >= 11 is 3.27. The van der Waals surface area contributed by atoms with Crippen molar-refractivity contribution in [2.75, 3.05) is 6.54 Å². The van der Waals surface area contributed by atoms with Crippen molar-refractivity contribution in [3.8, 4) is 11.5 Å². The Labute approximate surface area is 131 Å². The van der Waals surface area contributed by atoms with E-state index < -0.39 is 5.82 Å². The van der Waals surface area contributed by atoms with Crippen LogP contribution in [0.15, 0.2) is 40.9 Å². The van der Waals surface area contributed by atoms with Gasteiger partial charge in [-0.2, -0.15) is 0 Å². The van der Waals surface area contributed by atoms with Crippen LogP contribution in [0.4, 0.5) is 8.78 Å². The van der Waals surface area contributed by atoms with Crippen LogP contribution >= 0.6 is 15.9 Å². The lowest BCUT2D eigenvalue weighted by molar-refractivity contribution is 0.434. The lowest BCUT2D eigenvalue weighted by atomic mass is 10.2. The molecule has 0 fully saturated rings. The van der Waals surface area contributed by atoms with Gasteiger partial charge in [0.25, 0.3) is 0 Å². The van der Waals surface area contributed by atoms with Crippen molar-refractivity contribution in [3.63, 3.8) is 0 Å². The summed E-state index contributed by atoms with van der Waals surface area (Å²) in [6, 6.07) is 8.66. The predicted octanol–water partition coefficient (Wildman–Crippen LogP) is 5.02. The maximum absolute atomic E-state index is 13.7. The van der Waals surface area contributed by atoms with Crippen LogP contribution < -0.4 is 10.1 Å². The van der Waals surface area contributed by atoms with E-state index in [1.54, 1.807) is 12.1 Å². The molecule has 0 aromatic heterocycles. The maximum Gasteiger partial charge on any atom is 0.165 e. The van der Waals surface area contributed by atoms with Gasteiger partial charge >= 0.3 is 0 Å². The highest BCUT2D eigenvalue weighted by Gasteiger charge is 2.10. The average molecular weight is 356 g/mol. The molecule has 5 heteroatoms. The largest absolute Gasteiger partial charge is 0.454 e. The zero-order valence-corrected chi connectivity index (χ0v) is 13.2. The number of benzene rings is 2. The molecule has 0 radical (unpaired) electrons. The van der Waals surface area contributed by atoms with Gasteiger partial charge in [-0.3, -0.25) is 0 Å². The molecule has 2 aromatic carbocycles. The fourth-order valence-electron chi connectivity index (χ4n) is 1.86. The molecule has 2 nitrogen and oxygen atoms in total. The van der Waals surface area contributed by atoms with E-state index in [1.165, 1.54) is 24.3 Å². The van der Waals surface area contributed by atoms with Crippen molar-refractivity contribution < 1.29 is 13.5 Å². The van der Waals surface area contributed by atoms with E-state index in [9.17, 15) is 8.78 Å². The number of ether oxygens (including phenoxy) is 1. The maximum atomic E-state index is 13.7. The number of hydrogen-bond donors (Lipinski definition) is 1. The number of halogens is 3. The van der Waals surface area contributed by atoms with Crippen LogP contribution in [0.1, 0.15) is 18.9 Å². The van der Waals surface area contributed by atoms with Crippen LogP contribution in [-0.2, 0) is 6.54 Å². The molecule has 0 atom stereocenters. The van der Waals surface area contributed by atoms with Crippen LogP contribution in [0.5, 0.6) is 11.5 Å². The number of nitrogens with one attached hydrogen (secondary N) is 1. The van der Waals surface area contributed by atoms with Crippen LogP contribution in [-0.4, -0.2) is 6.54 Å². The second-order valence-electron chi connectivity index (χ2n) is 4.61. The Morgan fingerprint density at radius 3 is 2.67 bits per heavy atom. The Kier molecular flexibility index (Phi) is 5.70. The Bertz CT molecular complexity index is 619. The van der Waals surface area contributed by atoms with Crippen LogP contribution in [0, 0.1) is 11.6 Å². The molecular weight excluding hydrogens is 340 g/mol. The third-order valence-electron chi connectivity index (χ3n) is 2.88. The summed E-state index contributed by atoms with van der Waals surface area (Å²) in [7, 11) is 0. The topological polar surface area (TPSA) is 21.3 Å². The van der Waals surface area contributed by atoms with Gasteiger partial charge < -0.3 is 10.1 Å². The van der Waals surface area contributed by atoms with Gasteiger partial charge in [0.05, 0.1) is 0 Å². The standard InChI is InChI=1S/C16H16BrF2NO/c1-2-7-20-10-11-8-13(18)4-6-15(11)21-16-9-12(17)3-5-14(16)19/h3-6,8-9,20H,2,7,10H2,1H3. The minimum atomic E-state index is -0.463. The molecule has 0 unspecified atom stereocenters. The third-order valence-corrected chi connectivity index (χ3v) is 3.37. The highest BCUT2D eigenvalue weighted by molar-refractivity contribution is 9.10. The Morgan fingerprint density at radius 1 is 1.10 bits per heavy atom. The predicted molar refractivity (Wildman–Crippen MR) is 82.6 cm³/mol. The first kappa shape index (κ1) is 15.9. The van der Waals surface area contributed by atoms with E-state index in [4.69, 9.17) is 4.74 Å². The first-order valence-electron chi connectivity index (χ1n) is 6.72. The third kappa shape index (κ3) is 4.51. The summed E-state index contributed by atoms with van der Waals surface area (Å²) in [6.07, 6.45) is 0.978. The van der Waals surface area contributed by atoms with Gasteiger partial charge in [0, 0.05) is 16.6 Å². The first-order chi connectivity index (χ1) is 10.1. The van der Waals surface area contributed by atoms with E-state index in [2.05, 4.69) is 21.2 Å². The molecule has 2 rings (SSSR count). The summed E-state index contributed by atoms with van der Waals surface area (Å²) in [5.41, 5.74) is 0.655. The smallest absolute Gasteiger partial charge is 0.165 e. The van der Waals surface area contributed by atoms with E-state index >= 15 is 0 Å². The lowest BCUT2D eigenvalue weighted by Crippen LogP contribution is -2.14. The molecule has 0 saturated carbocycles. The van der Waals surface area contributed by atoms with Crippen LogP contribution in [0.3, 0.4) is 0 Å². The molecule has 0 saturated heterocycles. The molecule has 0 aliphatic carbocycles. The normalized spacial score (nSPS) is 10.7. The molecule has 0 aliphatic rings. The van der Waals surface area contributed by atoms with Crippen molar-refractivity contribution in [1.29, 1.82) is 0 Å². The molecule has 1 N–H and O–H groups in total. The Hall–Kier alpha value is -1.46. The Morgan fingerprint density at radius 2 is 1.90 bits per heavy atom. The monoisotopic (exact) mass is 355 g/mol. The molecule has 2 aromatic rings. The number of hydrogen-bond acceptors (Lipinski definition) is 2. The van der Waals surface area contributed by atoms with Crippen LogP contribution in [0.2, 0.25) is 0 Å². The van der Waals surface area contributed by atoms with Crippen molar-refractivity contribution in [2.24, 2.45) is 0 Å². The highest BCUT2D eigenvalue weighted by Crippen LogP contribution is 2.30. The molecule has 0 amide bonds. The molecule has 112 valence electrons. The quantitative estimate of drug-likeness (QED) is 0.734. The summed E-state index contributed by atoms with van der Waals surface area (Å²) < 4.78 is 33.4. The first-order valence-corrected chi connectivity index (χ1v) is 7.51.